The maximum absolute atomic E-state index is 9.19. The van der Waals surface area contributed by atoms with Gasteiger partial charge in [-0.15, -0.1) is 0 Å². The molecule has 0 radical (unpaired) electrons. The number of benzene rings is 1. The van der Waals surface area contributed by atoms with Crippen molar-refractivity contribution < 1.29 is 14.6 Å². The van der Waals surface area contributed by atoms with Crippen molar-refractivity contribution in [1.29, 1.82) is 0 Å². The Hall–Kier alpha value is -0.780. The summed E-state index contributed by atoms with van der Waals surface area (Å²) in [4.78, 5) is 0. The maximum atomic E-state index is 9.19. The summed E-state index contributed by atoms with van der Waals surface area (Å²) in [6.07, 6.45) is 0.978. The van der Waals surface area contributed by atoms with Gasteiger partial charge in [0.05, 0.1) is 24.3 Å². The van der Waals surface area contributed by atoms with Crippen LogP contribution in [0.15, 0.2) is 16.6 Å². The minimum absolute atomic E-state index is 0.0861. The van der Waals surface area contributed by atoms with Crippen LogP contribution in [0, 0.1) is 0 Å². The normalized spacial score (nSPS) is 12.6. The quantitative estimate of drug-likeness (QED) is 0.760. The molecule has 114 valence electrons. The van der Waals surface area contributed by atoms with Crippen LogP contribution < -0.4 is 14.8 Å². The fraction of sp³-hybridized carbons (Fsp3) is 0.600. The number of ether oxygens (including phenoxy) is 2. The second-order valence-electron chi connectivity index (χ2n) is 4.94. The van der Waals surface area contributed by atoms with E-state index < -0.39 is 0 Å². The predicted molar refractivity (Wildman–Crippen MR) is 84.5 cm³/mol. The minimum atomic E-state index is 0.0861. The molecule has 1 rings (SSSR count). The molecule has 0 amide bonds. The van der Waals surface area contributed by atoms with Crippen molar-refractivity contribution in [3.63, 3.8) is 0 Å². The van der Waals surface area contributed by atoms with Crippen LogP contribution in [0.2, 0.25) is 0 Å². The van der Waals surface area contributed by atoms with E-state index in [0.29, 0.717) is 12.3 Å². The number of halogens is 1. The summed E-state index contributed by atoms with van der Waals surface area (Å²) in [6, 6.07) is 4.09. The molecular formula is C15H24BrNO3. The van der Waals surface area contributed by atoms with Crippen molar-refractivity contribution in [2.75, 3.05) is 13.7 Å². The third-order valence-corrected chi connectivity index (χ3v) is 3.54. The first-order chi connectivity index (χ1) is 9.51. The first kappa shape index (κ1) is 17.3. The molecule has 0 aromatic heterocycles. The van der Waals surface area contributed by atoms with Gasteiger partial charge in [0.1, 0.15) is 0 Å². The van der Waals surface area contributed by atoms with E-state index in [-0.39, 0.29) is 18.8 Å². The van der Waals surface area contributed by atoms with E-state index in [1.54, 1.807) is 7.11 Å². The summed E-state index contributed by atoms with van der Waals surface area (Å²) in [5.41, 5.74) is 1.08. The highest BCUT2D eigenvalue weighted by Crippen LogP contribution is 2.37. The summed E-state index contributed by atoms with van der Waals surface area (Å²) < 4.78 is 12.0. The maximum Gasteiger partial charge on any atom is 0.175 e. The molecule has 0 spiro atoms. The highest BCUT2D eigenvalue weighted by atomic mass is 79.9. The average molecular weight is 346 g/mol. The van der Waals surface area contributed by atoms with Gasteiger partial charge in [0, 0.05) is 12.6 Å². The third-order valence-electron chi connectivity index (χ3n) is 2.95. The lowest BCUT2D eigenvalue weighted by atomic mass is 10.1. The smallest absolute Gasteiger partial charge is 0.175 e. The van der Waals surface area contributed by atoms with Crippen LogP contribution in [0.3, 0.4) is 0 Å². The van der Waals surface area contributed by atoms with Crippen molar-refractivity contribution in [3.8, 4) is 11.5 Å². The molecule has 0 aliphatic heterocycles. The summed E-state index contributed by atoms with van der Waals surface area (Å²) >= 11 is 3.53. The van der Waals surface area contributed by atoms with Crippen LogP contribution in [0.5, 0.6) is 11.5 Å². The Morgan fingerprint density at radius 3 is 2.55 bits per heavy atom. The van der Waals surface area contributed by atoms with Crippen molar-refractivity contribution in [2.45, 2.75) is 45.9 Å². The van der Waals surface area contributed by atoms with Gasteiger partial charge in [-0.25, -0.2) is 0 Å². The average Bonchev–Trinajstić information content (AvgIpc) is 2.42. The molecule has 4 nitrogen and oxygen atoms in total. The molecule has 20 heavy (non-hydrogen) atoms. The lowest BCUT2D eigenvalue weighted by Gasteiger charge is -2.18. The third kappa shape index (κ3) is 4.96. The Balaban J connectivity index is 2.87. The fourth-order valence-electron chi connectivity index (χ4n) is 1.83. The predicted octanol–water partition coefficient (Wildman–Crippen LogP) is 3.11. The molecule has 0 fully saturated rings. The first-order valence-electron chi connectivity index (χ1n) is 6.89. The molecule has 0 saturated heterocycles. The first-order valence-corrected chi connectivity index (χ1v) is 7.68. The van der Waals surface area contributed by atoms with Crippen molar-refractivity contribution >= 4 is 15.9 Å². The number of methoxy groups -OCH3 is 1. The molecule has 0 unspecified atom stereocenters. The van der Waals surface area contributed by atoms with Gasteiger partial charge in [-0.1, -0.05) is 6.92 Å². The van der Waals surface area contributed by atoms with Crippen molar-refractivity contribution in [1.82, 2.24) is 5.32 Å². The molecule has 1 aromatic carbocycles. The number of nitrogens with one attached hydrogen (secondary N) is 1. The molecular weight excluding hydrogens is 322 g/mol. The van der Waals surface area contributed by atoms with E-state index in [9.17, 15) is 5.11 Å². The van der Waals surface area contributed by atoms with E-state index in [4.69, 9.17) is 9.47 Å². The highest BCUT2D eigenvalue weighted by molar-refractivity contribution is 9.10. The van der Waals surface area contributed by atoms with Crippen molar-refractivity contribution in [3.05, 3.63) is 22.2 Å². The topological polar surface area (TPSA) is 50.7 Å². The molecule has 0 saturated carbocycles. The molecule has 0 aliphatic rings. The Kier molecular flexibility index (Phi) is 7.34. The highest BCUT2D eigenvalue weighted by Gasteiger charge is 2.13. The second kappa shape index (κ2) is 8.49. The fourth-order valence-corrected chi connectivity index (χ4v) is 2.41. The summed E-state index contributed by atoms with van der Waals surface area (Å²) in [6.45, 7) is 6.83. The lowest BCUT2D eigenvalue weighted by Crippen LogP contribution is -2.31. The van der Waals surface area contributed by atoms with E-state index in [1.807, 2.05) is 32.9 Å². The number of aliphatic hydroxyl groups excluding tert-OH is 1. The van der Waals surface area contributed by atoms with Gasteiger partial charge in [-0.2, -0.15) is 0 Å². The van der Waals surface area contributed by atoms with Gasteiger partial charge in [0.15, 0.2) is 11.5 Å². The zero-order valence-electron chi connectivity index (χ0n) is 12.6. The zero-order chi connectivity index (χ0) is 15.1. The van der Waals surface area contributed by atoms with Crippen molar-refractivity contribution in [2.24, 2.45) is 0 Å². The molecule has 5 heteroatoms. The summed E-state index contributed by atoms with van der Waals surface area (Å²) in [5.74, 6) is 1.43. The van der Waals surface area contributed by atoms with Gasteiger partial charge in [-0.3, -0.25) is 0 Å². The SMILES string of the molecule is CC[C@H](CO)NCc1cc(Br)c(OC(C)C)c(OC)c1. The van der Waals surface area contributed by atoms with Gasteiger partial charge < -0.3 is 19.9 Å². The minimum Gasteiger partial charge on any atom is -0.493 e. The van der Waals surface area contributed by atoms with Crippen LogP contribution in [0.25, 0.3) is 0 Å². The zero-order valence-corrected chi connectivity index (χ0v) is 14.2. The number of rotatable bonds is 8. The largest absolute Gasteiger partial charge is 0.493 e. The monoisotopic (exact) mass is 345 g/mol. The van der Waals surface area contributed by atoms with Crippen LogP contribution in [0.1, 0.15) is 32.8 Å². The molecule has 2 N–H and O–H groups in total. The number of hydrogen-bond donors (Lipinski definition) is 2. The second-order valence-corrected chi connectivity index (χ2v) is 5.80. The lowest BCUT2D eigenvalue weighted by molar-refractivity contribution is 0.228. The van der Waals surface area contributed by atoms with E-state index in [1.165, 1.54) is 0 Å². The summed E-state index contributed by atoms with van der Waals surface area (Å²) in [7, 11) is 1.63. The Morgan fingerprint density at radius 2 is 2.05 bits per heavy atom. The molecule has 0 aliphatic carbocycles. The van der Waals surface area contributed by atoms with Crippen LogP contribution in [-0.2, 0) is 6.54 Å². The number of aliphatic hydroxyl groups is 1. The van der Waals surface area contributed by atoms with Gasteiger partial charge in [-0.05, 0) is 53.9 Å². The molecule has 0 heterocycles. The van der Waals surface area contributed by atoms with Gasteiger partial charge in [0.2, 0.25) is 0 Å². The molecule has 1 aromatic rings. The van der Waals surface area contributed by atoms with Crippen LogP contribution >= 0.6 is 15.9 Å². The van der Waals surface area contributed by atoms with Crippen LogP contribution in [0.4, 0.5) is 0 Å². The Bertz CT molecular complexity index is 420. The van der Waals surface area contributed by atoms with Crippen LogP contribution in [-0.4, -0.2) is 31.0 Å². The van der Waals surface area contributed by atoms with Gasteiger partial charge >= 0.3 is 0 Å². The van der Waals surface area contributed by atoms with E-state index >= 15 is 0 Å². The number of hydrogen-bond acceptors (Lipinski definition) is 4. The standard InChI is InChI=1S/C15H24BrNO3/c1-5-12(9-18)17-8-11-6-13(16)15(20-10(2)3)14(7-11)19-4/h6-7,10,12,17-18H,5,8-9H2,1-4H3/t12-/m1/s1. The van der Waals surface area contributed by atoms with E-state index in [2.05, 4.69) is 21.2 Å². The molecule has 0 bridgehead atoms. The Labute approximate surface area is 129 Å². The van der Waals surface area contributed by atoms with Gasteiger partial charge in [0.25, 0.3) is 0 Å². The Morgan fingerprint density at radius 1 is 1.35 bits per heavy atom. The summed E-state index contributed by atoms with van der Waals surface area (Å²) in [5, 5.41) is 12.5. The van der Waals surface area contributed by atoms with E-state index in [0.717, 1.165) is 22.2 Å². The molecule has 1 atom stereocenters.